The number of carbonyl (C=O) groups excluding carboxylic acids is 1. The fourth-order valence-electron chi connectivity index (χ4n) is 3.97. The third-order valence-corrected chi connectivity index (χ3v) is 5.70. The molecule has 180 valence electrons. The number of amides is 1. The molecule has 4 heterocycles. The minimum Gasteiger partial charge on any atom is -0.444 e. The van der Waals surface area contributed by atoms with Crippen LogP contribution in [0.15, 0.2) is 48.8 Å². The molecular formula is C26H39N5O2. The molecule has 0 spiro atoms. The SMILES string of the molecule is CC(C)(C)OC(=O)N1CCN(Cc2ccccn2)CC1.c1ccc(CN2CCCCC2)nc1. The maximum Gasteiger partial charge on any atom is 0.410 e. The van der Waals surface area contributed by atoms with Crippen LogP contribution in [0, 0.1) is 0 Å². The number of likely N-dealkylation sites (tertiary alicyclic amines) is 1. The molecule has 2 saturated heterocycles. The van der Waals surface area contributed by atoms with Gasteiger partial charge in [0.25, 0.3) is 0 Å². The van der Waals surface area contributed by atoms with Crippen molar-refractivity contribution >= 4 is 6.09 Å². The van der Waals surface area contributed by atoms with Gasteiger partial charge in [0.2, 0.25) is 0 Å². The highest BCUT2D eigenvalue weighted by molar-refractivity contribution is 5.68. The number of rotatable bonds is 4. The van der Waals surface area contributed by atoms with E-state index in [0.717, 1.165) is 31.9 Å². The molecule has 2 aromatic rings. The third kappa shape index (κ3) is 9.48. The second-order valence-electron chi connectivity index (χ2n) is 9.72. The summed E-state index contributed by atoms with van der Waals surface area (Å²) in [5.74, 6) is 0. The summed E-state index contributed by atoms with van der Waals surface area (Å²) in [4.78, 5) is 27.2. The zero-order valence-corrected chi connectivity index (χ0v) is 20.4. The van der Waals surface area contributed by atoms with Gasteiger partial charge in [0, 0.05) is 51.7 Å². The van der Waals surface area contributed by atoms with Crippen molar-refractivity contribution in [2.24, 2.45) is 0 Å². The maximum atomic E-state index is 12.0. The Bertz CT molecular complexity index is 812. The molecule has 1 amide bonds. The lowest BCUT2D eigenvalue weighted by molar-refractivity contribution is 0.0138. The average Bonchev–Trinajstić information content (AvgIpc) is 2.81. The molecule has 2 aliphatic heterocycles. The number of aromatic nitrogens is 2. The molecule has 0 saturated carbocycles. The first-order valence-corrected chi connectivity index (χ1v) is 12.1. The van der Waals surface area contributed by atoms with Crippen molar-refractivity contribution in [1.82, 2.24) is 24.7 Å². The quantitative estimate of drug-likeness (QED) is 0.691. The first-order valence-electron chi connectivity index (χ1n) is 12.1. The van der Waals surface area contributed by atoms with Crippen LogP contribution in [0.4, 0.5) is 4.79 Å². The zero-order chi connectivity index (χ0) is 23.5. The summed E-state index contributed by atoms with van der Waals surface area (Å²) in [6.07, 6.45) is 7.58. The largest absolute Gasteiger partial charge is 0.444 e. The minimum atomic E-state index is -0.428. The van der Waals surface area contributed by atoms with E-state index in [1.807, 2.05) is 57.4 Å². The summed E-state index contributed by atoms with van der Waals surface area (Å²) in [5, 5.41) is 0. The Hall–Kier alpha value is -2.51. The zero-order valence-electron chi connectivity index (χ0n) is 20.4. The summed E-state index contributed by atoms with van der Waals surface area (Å²) in [5.41, 5.74) is 1.84. The van der Waals surface area contributed by atoms with E-state index in [0.29, 0.717) is 13.1 Å². The van der Waals surface area contributed by atoms with Crippen LogP contribution in [-0.4, -0.2) is 75.6 Å². The first kappa shape index (κ1) is 25.1. The molecular weight excluding hydrogens is 414 g/mol. The molecule has 0 atom stereocenters. The van der Waals surface area contributed by atoms with Gasteiger partial charge in [-0.1, -0.05) is 18.6 Å². The van der Waals surface area contributed by atoms with E-state index in [2.05, 4.69) is 31.9 Å². The van der Waals surface area contributed by atoms with Gasteiger partial charge in [0.05, 0.1) is 11.4 Å². The minimum absolute atomic E-state index is 0.213. The van der Waals surface area contributed by atoms with Crippen molar-refractivity contribution in [2.75, 3.05) is 39.3 Å². The van der Waals surface area contributed by atoms with Gasteiger partial charge < -0.3 is 9.64 Å². The van der Waals surface area contributed by atoms with Crippen molar-refractivity contribution in [1.29, 1.82) is 0 Å². The molecule has 0 aromatic carbocycles. The van der Waals surface area contributed by atoms with Gasteiger partial charge in [-0.25, -0.2) is 4.79 Å². The number of hydrogen-bond acceptors (Lipinski definition) is 6. The van der Waals surface area contributed by atoms with Crippen molar-refractivity contribution in [3.63, 3.8) is 0 Å². The maximum absolute atomic E-state index is 12.0. The molecule has 0 unspecified atom stereocenters. The molecule has 2 aromatic heterocycles. The molecule has 0 N–H and O–H groups in total. The number of pyridine rings is 2. The summed E-state index contributed by atoms with van der Waals surface area (Å²) < 4.78 is 5.39. The fourth-order valence-corrected chi connectivity index (χ4v) is 3.97. The predicted molar refractivity (Wildman–Crippen MR) is 131 cm³/mol. The number of hydrogen-bond donors (Lipinski definition) is 0. The molecule has 2 aliphatic rings. The van der Waals surface area contributed by atoms with Crippen LogP contribution in [0.2, 0.25) is 0 Å². The lowest BCUT2D eigenvalue weighted by atomic mass is 10.1. The Labute approximate surface area is 198 Å². The fraction of sp³-hybridized carbons (Fsp3) is 0.577. The predicted octanol–water partition coefficient (Wildman–Crippen LogP) is 4.20. The van der Waals surface area contributed by atoms with E-state index in [1.165, 1.54) is 38.0 Å². The van der Waals surface area contributed by atoms with Crippen LogP contribution in [0.1, 0.15) is 51.4 Å². The smallest absolute Gasteiger partial charge is 0.410 e. The van der Waals surface area contributed by atoms with Crippen LogP contribution in [0.3, 0.4) is 0 Å². The van der Waals surface area contributed by atoms with Gasteiger partial charge in [-0.05, 0) is 71.0 Å². The van der Waals surface area contributed by atoms with E-state index in [-0.39, 0.29) is 6.09 Å². The lowest BCUT2D eigenvalue weighted by Crippen LogP contribution is -2.49. The van der Waals surface area contributed by atoms with Crippen molar-refractivity contribution in [3.8, 4) is 0 Å². The van der Waals surface area contributed by atoms with Crippen LogP contribution < -0.4 is 0 Å². The summed E-state index contributed by atoms with van der Waals surface area (Å²) in [7, 11) is 0. The van der Waals surface area contributed by atoms with Crippen LogP contribution in [0.5, 0.6) is 0 Å². The summed E-state index contributed by atoms with van der Waals surface area (Å²) in [6.45, 7) is 13.2. The summed E-state index contributed by atoms with van der Waals surface area (Å²) >= 11 is 0. The molecule has 2 fully saturated rings. The number of ether oxygens (including phenoxy) is 1. The van der Waals surface area contributed by atoms with Gasteiger partial charge in [-0.2, -0.15) is 0 Å². The molecule has 4 rings (SSSR count). The van der Waals surface area contributed by atoms with Gasteiger partial charge in [0.1, 0.15) is 5.60 Å². The Balaban J connectivity index is 0.000000203. The van der Waals surface area contributed by atoms with E-state index < -0.39 is 5.60 Å². The standard InChI is InChI=1S/C15H23N3O2.C11H16N2/c1-15(2,3)20-14(19)18-10-8-17(9-11-18)12-13-6-4-5-7-16-13;1-4-8-13(9-5-1)10-11-6-2-3-7-12-11/h4-7H,8-12H2,1-3H3;2-3,6-7H,1,4-5,8-10H2. The second-order valence-corrected chi connectivity index (χ2v) is 9.72. The molecule has 0 radical (unpaired) electrons. The van der Waals surface area contributed by atoms with Crippen LogP contribution in [-0.2, 0) is 17.8 Å². The van der Waals surface area contributed by atoms with Crippen molar-refractivity contribution < 1.29 is 9.53 Å². The average molecular weight is 454 g/mol. The van der Waals surface area contributed by atoms with Gasteiger partial charge in [0.15, 0.2) is 0 Å². The topological polar surface area (TPSA) is 61.8 Å². The van der Waals surface area contributed by atoms with E-state index >= 15 is 0 Å². The number of nitrogens with zero attached hydrogens (tertiary/aromatic N) is 5. The van der Waals surface area contributed by atoms with Gasteiger partial charge >= 0.3 is 6.09 Å². The number of piperazine rings is 1. The first-order chi connectivity index (χ1) is 15.9. The Kier molecular flexibility index (Phi) is 9.63. The molecule has 7 heteroatoms. The lowest BCUT2D eigenvalue weighted by Gasteiger charge is -2.35. The Morgan fingerprint density at radius 1 is 0.788 bits per heavy atom. The molecule has 0 bridgehead atoms. The Morgan fingerprint density at radius 2 is 1.30 bits per heavy atom. The third-order valence-electron chi connectivity index (χ3n) is 5.70. The van der Waals surface area contributed by atoms with E-state index in [9.17, 15) is 4.79 Å². The van der Waals surface area contributed by atoms with Gasteiger partial charge in [-0.15, -0.1) is 0 Å². The van der Waals surface area contributed by atoms with Crippen molar-refractivity contribution in [2.45, 2.75) is 58.7 Å². The molecule has 0 aliphatic carbocycles. The normalized spacial score (nSPS) is 17.7. The monoisotopic (exact) mass is 453 g/mol. The molecule has 33 heavy (non-hydrogen) atoms. The number of piperidine rings is 1. The van der Waals surface area contributed by atoms with Gasteiger partial charge in [-0.3, -0.25) is 19.8 Å². The van der Waals surface area contributed by atoms with Crippen molar-refractivity contribution in [3.05, 3.63) is 60.2 Å². The Morgan fingerprint density at radius 3 is 1.76 bits per heavy atom. The van der Waals surface area contributed by atoms with Crippen LogP contribution >= 0.6 is 0 Å². The summed E-state index contributed by atoms with van der Waals surface area (Å²) in [6, 6.07) is 12.1. The second kappa shape index (κ2) is 12.7. The molecule has 7 nitrogen and oxygen atoms in total. The highest BCUT2D eigenvalue weighted by Crippen LogP contribution is 2.13. The highest BCUT2D eigenvalue weighted by atomic mass is 16.6. The van der Waals surface area contributed by atoms with E-state index in [1.54, 1.807) is 4.90 Å². The van der Waals surface area contributed by atoms with E-state index in [4.69, 9.17) is 4.74 Å². The highest BCUT2D eigenvalue weighted by Gasteiger charge is 2.25. The number of carbonyl (C=O) groups is 1. The van der Waals surface area contributed by atoms with Crippen LogP contribution in [0.25, 0.3) is 0 Å².